The van der Waals surface area contributed by atoms with Crippen LogP contribution in [0.3, 0.4) is 0 Å². The van der Waals surface area contributed by atoms with Crippen molar-refractivity contribution in [1.82, 2.24) is 30.2 Å². The molecule has 7 atom stereocenters. The molecule has 57 heavy (non-hydrogen) atoms. The van der Waals surface area contributed by atoms with E-state index in [-0.39, 0.29) is 97.2 Å². The number of thioether (sulfide) groups is 1. The molecule has 3 heterocycles. The maximum absolute atomic E-state index is 12.6. The third kappa shape index (κ3) is 16.9. The maximum atomic E-state index is 12.6. The van der Waals surface area contributed by atoms with Crippen LogP contribution in [-0.2, 0) is 55.5 Å². The van der Waals surface area contributed by atoms with Gasteiger partial charge in [-0.25, -0.2) is 28.6 Å². The molecular formula is C26H44N7NaO19P3S. The number of anilines is 1. The molecule has 0 bridgehead atoms. The molecule has 26 nitrogen and oxygen atoms in total. The quantitative estimate of drug-likeness (QED) is 0.0376. The number of phosphoric ester groups is 3. The molecule has 0 spiro atoms. The number of carboxylic acid groups (broad SMARTS) is 1. The van der Waals surface area contributed by atoms with Gasteiger partial charge >= 0.3 is 29.4 Å². The topological polar surface area (TPSA) is 401 Å². The number of aliphatic carboxylic acids is 1. The van der Waals surface area contributed by atoms with Gasteiger partial charge in [0.15, 0.2) is 22.8 Å². The zero-order chi connectivity index (χ0) is 41.4. The fourth-order valence-electron chi connectivity index (χ4n) is 4.58. The summed E-state index contributed by atoms with van der Waals surface area (Å²) in [5, 5.41) is 34.4. The van der Waals surface area contributed by atoms with Crippen molar-refractivity contribution in [2.24, 2.45) is 5.41 Å². The minimum absolute atomic E-state index is 0. The molecule has 0 saturated carbocycles. The number of hydrogen-bond acceptors (Lipinski definition) is 19. The van der Waals surface area contributed by atoms with Crippen molar-refractivity contribution in [3.05, 3.63) is 12.7 Å². The number of aliphatic hydroxyl groups excluding tert-OH is 2. The second kappa shape index (κ2) is 22.6. The number of nitrogen functional groups attached to an aromatic ring is 1. The molecule has 2 aromatic rings. The summed E-state index contributed by atoms with van der Waals surface area (Å²) in [4.78, 5) is 97.3. The number of rotatable bonds is 22. The Bertz CT molecular complexity index is 1850. The minimum atomic E-state index is -5.59. The smallest absolute Gasteiger partial charge is 0.481 e. The Morgan fingerprint density at radius 2 is 1.67 bits per heavy atom. The van der Waals surface area contributed by atoms with Gasteiger partial charge in [0.25, 0.3) is 0 Å². The predicted molar refractivity (Wildman–Crippen MR) is 196 cm³/mol. The summed E-state index contributed by atoms with van der Waals surface area (Å²) in [7, 11) is -16.4. The van der Waals surface area contributed by atoms with Crippen molar-refractivity contribution >= 4 is 105 Å². The molecule has 2 aromatic heterocycles. The van der Waals surface area contributed by atoms with Gasteiger partial charge in [-0.15, -0.1) is 0 Å². The average molecular weight is 907 g/mol. The van der Waals surface area contributed by atoms with Crippen LogP contribution in [0.15, 0.2) is 12.7 Å². The number of imidazole rings is 1. The summed E-state index contributed by atoms with van der Waals surface area (Å²) in [5.41, 5.74) is 4.20. The number of phosphoric acid groups is 3. The monoisotopic (exact) mass is 906 g/mol. The van der Waals surface area contributed by atoms with E-state index in [1.165, 1.54) is 13.8 Å². The van der Waals surface area contributed by atoms with Crippen molar-refractivity contribution in [2.45, 2.75) is 71.2 Å². The first-order chi connectivity index (χ1) is 25.4. The molecule has 11 N–H and O–H groups in total. The predicted octanol–water partition coefficient (Wildman–Crippen LogP) is -1.22. The van der Waals surface area contributed by atoms with Gasteiger partial charge in [-0.2, -0.15) is 4.31 Å². The molecule has 319 valence electrons. The van der Waals surface area contributed by atoms with Gasteiger partial charge < -0.3 is 56.0 Å². The molecule has 0 aliphatic carbocycles. The third-order valence-corrected chi connectivity index (χ3v) is 11.3. The van der Waals surface area contributed by atoms with E-state index < -0.39 is 90.5 Å². The Morgan fingerprint density at radius 3 is 2.30 bits per heavy atom. The van der Waals surface area contributed by atoms with E-state index in [0.717, 1.165) is 29.0 Å². The summed E-state index contributed by atoms with van der Waals surface area (Å²) < 4.78 is 61.9. The first-order valence-electron chi connectivity index (χ1n) is 15.7. The van der Waals surface area contributed by atoms with Crippen molar-refractivity contribution in [2.75, 3.05) is 37.8 Å². The number of carbonyl (C=O) groups is 4. The van der Waals surface area contributed by atoms with E-state index in [1.807, 2.05) is 0 Å². The van der Waals surface area contributed by atoms with Gasteiger partial charge in [-0.05, 0) is 0 Å². The van der Waals surface area contributed by atoms with Crippen LogP contribution in [0.25, 0.3) is 11.2 Å². The minimum Gasteiger partial charge on any atom is -0.481 e. The largest absolute Gasteiger partial charge is 0.481 e. The number of ether oxygens (including phenoxy) is 1. The Hall–Kier alpha value is -1.97. The van der Waals surface area contributed by atoms with Gasteiger partial charge in [-0.3, -0.25) is 37.3 Å². The summed E-state index contributed by atoms with van der Waals surface area (Å²) in [6.45, 7) is 0.213. The second-order valence-electron chi connectivity index (χ2n) is 12.2. The van der Waals surface area contributed by atoms with Crippen LogP contribution >= 0.6 is 35.2 Å². The first kappa shape index (κ1) is 53.0. The van der Waals surface area contributed by atoms with Gasteiger partial charge in [-0.1, -0.05) is 33.0 Å². The van der Waals surface area contributed by atoms with Crippen molar-refractivity contribution in [1.29, 1.82) is 0 Å². The standard InChI is InChI=1S/C25H40N7O19P3S.CH4.Na/c1-25(2,20(38)23(39)28-6-5-14(33)27-7-8-55-16(36)4-3-15(34)35)10-48-54(45,46)51-53(43,44)47-9-13-19(50-52(40,41)42)18(37)24(49-13)32-12-31-17-21(26)29-11-30-22(17)32;;/h11-13,18-20,24,37-38H,3-10H2,1-2H3,(H,27,33)(H,28,39)(H,34,35)(H,43,44)(H,45,46)(H2,26,29,30)(H2,40,41,42);1H4;/t13-,18-,19-,20+,24-;;/m1../s1. The Labute approximate surface area is 350 Å². The van der Waals surface area contributed by atoms with E-state index in [9.17, 15) is 62.7 Å². The Morgan fingerprint density at radius 1 is 1.02 bits per heavy atom. The number of amides is 2. The molecule has 1 radical (unpaired) electrons. The molecular weight excluding hydrogens is 862 g/mol. The Kier molecular flexibility index (Phi) is 21.0. The van der Waals surface area contributed by atoms with Crippen LogP contribution in [-0.4, -0.2) is 163 Å². The van der Waals surface area contributed by atoms with Gasteiger partial charge in [0.2, 0.25) is 11.8 Å². The van der Waals surface area contributed by atoms with Crippen LogP contribution in [0.1, 0.15) is 46.8 Å². The molecule has 1 fully saturated rings. The molecule has 2 unspecified atom stereocenters. The number of hydrogen-bond donors (Lipinski definition) is 10. The van der Waals surface area contributed by atoms with Crippen LogP contribution in [0.4, 0.5) is 5.82 Å². The number of nitrogens with two attached hydrogens (primary N) is 1. The number of fused-ring (bicyclic) bond motifs is 1. The molecule has 3 rings (SSSR count). The normalized spacial score (nSPS) is 21.0. The van der Waals surface area contributed by atoms with E-state index >= 15 is 0 Å². The zero-order valence-corrected chi connectivity index (χ0v) is 35.3. The molecule has 1 aliphatic heterocycles. The van der Waals surface area contributed by atoms with Crippen molar-refractivity contribution < 1.29 is 90.4 Å². The third-order valence-electron chi connectivity index (χ3n) is 7.31. The second-order valence-corrected chi connectivity index (χ2v) is 17.6. The number of aromatic nitrogens is 4. The Balaban J connectivity index is 0.00000812. The summed E-state index contributed by atoms with van der Waals surface area (Å²) >= 11 is 0.849. The summed E-state index contributed by atoms with van der Waals surface area (Å²) in [5.74, 6) is -2.51. The molecule has 2 amide bonds. The van der Waals surface area contributed by atoms with E-state index in [4.69, 9.17) is 24.6 Å². The average Bonchev–Trinajstić information content (AvgIpc) is 3.63. The molecule has 1 aliphatic rings. The van der Waals surface area contributed by atoms with E-state index in [1.54, 1.807) is 0 Å². The molecule has 1 saturated heterocycles. The van der Waals surface area contributed by atoms with E-state index in [0.29, 0.717) is 0 Å². The number of nitrogens with one attached hydrogen (secondary N) is 2. The van der Waals surface area contributed by atoms with Crippen LogP contribution < -0.4 is 16.4 Å². The van der Waals surface area contributed by atoms with Gasteiger partial charge in [0.1, 0.15) is 36.3 Å². The van der Waals surface area contributed by atoms with Gasteiger partial charge in [0.05, 0.1) is 26.0 Å². The molecule has 31 heteroatoms. The number of aliphatic hydroxyl groups is 2. The van der Waals surface area contributed by atoms with Gasteiger partial charge in [0, 0.05) is 66.7 Å². The fraction of sp³-hybridized carbons (Fsp3) is 0.654. The number of nitrogens with zero attached hydrogens (tertiary/aromatic N) is 4. The molecule has 0 aromatic carbocycles. The van der Waals surface area contributed by atoms with Crippen LogP contribution in [0.2, 0.25) is 0 Å². The number of carbonyl (C=O) groups excluding carboxylic acids is 3. The van der Waals surface area contributed by atoms with E-state index in [2.05, 4.69) is 34.4 Å². The number of carboxylic acids is 1. The van der Waals surface area contributed by atoms with Crippen LogP contribution in [0.5, 0.6) is 0 Å². The van der Waals surface area contributed by atoms with Crippen LogP contribution in [0, 0.1) is 5.41 Å². The zero-order valence-electron chi connectivity index (χ0n) is 29.8. The maximum Gasteiger partial charge on any atom is 0.481 e. The summed E-state index contributed by atoms with van der Waals surface area (Å²) in [6.07, 6.45) is -7.55. The first-order valence-corrected chi connectivity index (χ1v) is 21.2. The SMILES string of the molecule is C.CC(C)(COP(=O)(O)OP(=O)(O)OC[C@H]1O[C@@H](n2cnc3c(N)ncnc32)[C@H](O)[C@@H]1OP(=O)(O)O)[C@@H](O)C(=O)NCCC(=O)NCCSC(=O)CCC(=O)O.[Na]. The van der Waals surface area contributed by atoms with Crippen molar-refractivity contribution in [3.63, 3.8) is 0 Å². The summed E-state index contributed by atoms with van der Waals surface area (Å²) in [6, 6.07) is 0. The fourth-order valence-corrected chi connectivity index (χ4v) is 8.08. The van der Waals surface area contributed by atoms with Crippen molar-refractivity contribution in [3.8, 4) is 0 Å².